The number of imide groups is 2. The number of fused-ring (bicyclic) bond motifs is 2. The van der Waals surface area contributed by atoms with Crippen LogP contribution in [0.25, 0.3) is 0 Å². The Morgan fingerprint density at radius 2 is 1.56 bits per heavy atom. The van der Waals surface area contributed by atoms with E-state index in [4.69, 9.17) is 4.74 Å². The SMILES string of the molecule is O=C1CCC(N2C(=O)c3ccc(NCCCCCN4CCN(c5ccc(C6c7ccc(O)cc7OCC6c6ccccc6)cc5)CC4)cc3C2=O)C(=O)N1. The first-order chi connectivity index (χ1) is 26.3. The number of piperazine rings is 1. The second-order valence-corrected chi connectivity index (χ2v) is 14.6. The lowest BCUT2D eigenvalue weighted by molar-refractivity contribution is -0.136. The number of hydrogen-bond acceptors (Lipinski definition) is 9. The Kier molecular flexibility index (Phi) is 10.1. The standard InChI is InChI=1S/C43H45N5O6/c49-32-14-16-34-38(26-32)54-27-36(28-7-3-1-4-8-28)40(34)29-9-12-31(13-10-29)47-23-21-46(22-24-47)20-6-2-5-19-44-30-11-15-33-35(25-30)43(53)48(42(33)52)37-17-18-39(50)45-41(37)51/h1,3-4,7-16,25-26,36-37,40,44,49H,2,5-6,17-24,27H2,(H,45,50,51). The number of carbonyl (C=O) groups excluding carboxylic acids is 4. The van der Waals surface area contributed by atoms with Gasteiger partial charge in [-0.3, -0.25) is 34.3 Å². The van der Waals surface area contributed by atoms with Crippen molar-refractivity contribution in [2.45, 2.75) is 50.0 Å². The van der Waals surface area contributed by atoms with Crippen molar-refractivity contribution in [2.75, 3.05) is 56.1 Å². The fourth-order valence-electron chi connectivity index (χ4n) is 8.37. The zero-order chi connectivity index (χ0) is 37.2. The molecule has 0 saturated carbocycles. The van der Waals surface area contributed by atoms with Gasteiger partial charge in [-0.2, -0.15) is 0 Å². The van der Waals surface area contributed by atoms with Crippen LogP contribution in [0.4, 0.5) is 11.4 Å². The first kappa shape index (κ1) is 35.4. The van der Waals surface area contributed by atoms with Crippen molar-refractivity contribution >= 4 is 35.0 Å². The van der Waals surface area contributed by atoms with Crippen LogP contribution in [0.15, 0.2) is 91.0 Å². The van der Waals surface area contributed by atoms with Crippen LogP contribution in [-0.2, 0) is 9.59 Å². The van der Waals surface area contributed by atoms with Gasteiger partial charge in [0.2, 0.25) is 11.8 Å². The third kappa shape index (κ3) is 7.15. The Labute approximate surface area is 314 Å². The van der Waals surface area contributed by atoms with Crippen LogP contribution in [-0.4, -0.2) is 90.5 Å². The Hall–Kier alpha value is -5.68. The second-order valence-electron chi connectivity index (χ2n) is 14.6. The predicted octanol–water partition coefficient (Wildman–Crippen LogP) is 5.51. The van der Waals surface area contributed by atoms with Gasteiger partial charge in [-0.05, 0) is 73.3 Å². The smallest absolute Gasteiger partial charge is 0.262 e. The van der Waals surface area contributed by atoms with E-state index < -0.39 is 23.8 Å². The van der Waals surface area contributed by atoms with Crippen LogP contribution >= 0.6 is 0 Å². The van der Waals surface area contributed by atoms with Gasteiger partial charge < -0.3 is 20.1 Å². The Balaban J connectivity index is 0.788. The monoisotopic (exact) mass is 727 g/mol. The molecule has 278 valence electrons. The molecule has 8 rings (SSSR count). The Bertz CT molecular complexity index is 2050. The van der Waals surface area contributed by atoms with Gasteiger partial charge in [0.25, 0.3) is 11.8 Å². The zero-order valence-corrected chi connectivity index (χ0v) is 30.2. The van der Waals surface area contributed by atoms with Gasteiger partial charge in [-0.1, -0.05) is 55.0 Å². The van der Waals surface area contributed by atoms with Crippen molar-refractivity contribution in [1.29, 1.82) is 0 Å². The van der Waals surface area contributed by atoms with Crippen molar-refractivity contribution < 1.29 is 29.0 Å². The van der Waals surface area contributed by atoms with E-state index in [0.717, 1.165) is 80.4 Å². The average molecular weight is 728 g/mol. The molecule has 0 bridgehead atoms. The normalized spacial score (nSPS) is 21.4. The van der Waals surface area contributed by atoms with Gasteiger partial charge in [0.05, 0.1) is 17.7 Å². The number of phenols is 1. The summed E-state index contributed by atoms with van der Waals surface area (Å²) in [5, 5.41) is 15.7. The minimum absolute atomic E-state index is 0.0974. The van der Waals surface area contributed by atoms with E-state index in [1.165, 1.54) is 16.8 Å². The summed E-state index contributed by atoms with van der Waals surface area (Å²) < 4.78 is 6.15. The second kappa shape index (κ2) is 15.4. The molecule has 4 aliphatic rings. The summed E-state index contributed by atoms with van der Waals surface area (Å²) in [6.45, 7) is 6.35. The maximum Gasteiger partial charge on any atom is 0.262 e. The molecule has 4 amide bonds. The summed E-state index contributed by atoms with van der Waals surface area (Å²) in [4.78, 5) is 56.0. The van der Waals surface area contributed by atoms with Crippen LogP contribution in [0.5, 0.6) is 11.5 Å². The number of carbonyl (C=O) groups is 4. The van der Waals surface area contributed by atoms with Crippen molar-refractivity contribution in [3.63, 3.8) is 0 Å². The highest BCUT2D eigenvalue weighted by Gasteiger charge is 2.44. The summed E-state index contributed by atoms with van der Waals surface area (Å²) in [6, 6.07) is 29.2. The van der Waals surface area contributed by atoms with E-state index in [2.05, 4.69) is 69.0 Å². The van der Waals surface area contributed by atoms with E-state index in [-0.39, 0.29) is 47.5 Å². The van der Waals surface area contributed by atoms with Gasteiger partial charge in [-0.25, -0.2) is 0 Å². The van der Waals surface area contributed by atoms with Crippen LogP contribution in [0, 0.1) is 0 Å². The van der Waals surface area contributed by atoms with Crippen LogP contribution in [0.1, 0.15) is 81.3 Å². The van der Waals surface area contributed by atoms with Gasteiger partial charge in [0.1, 0.15) is 17.5 Å². The summed E-state index contributed by atoms with van der Waals surface area (Å²) in [5.41, 5.74) is 6.16. The van der Waals surface area contributed by atoms with Crippen molar-refractivity contribution in [1.82, 2.24) is 15.1 Å². The highest BCUT2D eigenvalue weighted by molar-refractivity contribution is 6.23. The predicted molar refractivity (Wildman–Crippen MR) is 205 cm³/mol. The molecular formula is C43H45N5O6. The molecule has 0 aromatic heterocycles. The van der Waals surface area contributed by atoms with Crippen LogP contribution < -0.4 is 20.3 Å². The number of nitrogens with one attached hydrogen (secondary N) is 2. The first-order valence-corrected chi connectivity index (χ1v) is 19.0. The third-order valence-corrected chi connectivity index (χ3v) is 11.3. The largest absolute Gasteiger partial charge is 0.508 e. The van der Waals surface area contributed by atoms with Crippen molar-refractivity contribution in [2.24, 2.45) is 0 Å². The molecular weight excluding hydrogens is 683 g/mol. The molecule has 4 aromatic rings. The number of ether oxygens (including phenoxy) is 1. The maximum atomic E-state index is 13.1. The molecule has 0 aliphatic carbocycles. The topological polar surface area (TPSA) is 132 Å². The number of hydrogen-bond donors (Lipinski definition) is 3. The van der Waals surface area contributed by atoms with E-state index in [0.29, 0.717) is 6.61 Å². The lowest BCUT2D eigenvalue weighted by Gasteiger charge is -2.37. The molecule has 3 atom stereocenters. The quantitative estimate of drug-likeness (QED) is 0.135. The van der Waals surface area contributed by atoms with E-state index in [1.54, 1.807) is 30.3 Å². The molecule has 4 aliphatic heterocycles. The lowest BCUT2D eigenvalue weighted by Crippen LogP contribution is -2.54. The lowest BCUT2D eigenvalue weighted by atomic mass is 9.76. The summed E-state index contributed by atoms with van der Waals surface area (Å²) in [6.07, 6.45) is 3.38. The maximum absolute atomic E-state index is 13.1. The van der Waals surface area contributed by atoms with Crippen LogP contribution in [0.3, 0.4) is 0 Å². The van der Waals surface area contributed by atoms with Gasteiger partial charge in [0.15, 0.2) is 0 Å². The molecule has 2 fully saturated rings. The van der Waals surface area contributed by atoms with E-state index in [1.807, 2.05) is 12.1 Å². The average Bonchev–Trinajstić information content (AvgIpc) is 3.44. The Morgan fingerprint density at radius 1 is 0.778 bits per heavy atom. The number of nitrogens with zero attached hydrogens (tertiary/aromatic N) is 3. The van der Waals surface area contributed by atoms with Gasteiger partial charge >= 0.3 is 0 Å². The fourth-order valence-corrected chi connectivity index (χ4v) is 8.37. The van der Waals surface area contributed by atoms with Crippen molar-refractivity contribution in [3.8, 4) is 11.5 Å². The first-order valence-electron chi connectivity index (χ1n) is 19.0. The molecule has 4 heterocycles. The fraction of sp³-hybridized carbons (Fsp3) is 0.349. The summed E-state index contributed by atoms with van der Waals surface area (Å²) in [5.74, 6) is -0.722. The molecule has 11 nitrogen and oxygen atoms in total. The Morgan fingerprint density at radius 3 is 2.33 bits per heavy atom. The number of phenolic OH excluding ortho intramolecular Hbond substituents is 1. The zero-order valence-electron chi connectivity index (χ0n) is 30.2. The molecule has 4 aromatic carbocycles. The molecule has 2 saturated heterocycles. The summed E-state index contributed by atoms with van der Waals surface area (Å²) >= 11 is 0. The molecule has 3 unspecified atom stereocenters. The van der Waals surface area contributed by atoms with Gasteiger partial charge in [-0.15, -0.1) is 0 Å². The van der Waals surface area contributed by atoms with Crippen molar-refractivity contribution in [3.05, 3.63) is 119 Å². The van der Waals surface area contributed by atoms with Crippen LogP contribution in [0.2, 0.25) is 0 Å². The number of anilines is 2. The van der Waals surface area contributed by atoms with E-state index >= 15 is 0 Å². The number of amides is 4. The molecule has 0 spiro atoms. The minimum atomic E-state index is -0.963. The molecule has 3 N–H and O–H groups in total. The third-order valence-electron chi connectivity index (χ3n) is 11.3. The highest BCUT2D eigenvalue weighted by atomic mass is 16.5. The van der Waals surface area contributed by atoms with E-state index in [9.17, 15) is 24.3 Å². The highest BCUT2D eigenvalue weighted by Crippen LogP contribution is 2.47. The molecule has 11 heteroatoms. The number of rotatable bonds is 11. The molecule has 54 heavy (non-hydrogen) atoms. The molecule has 0 radical (unpaired) electrons. The number of unbranched alkanes of at least 4 members (excludes halogenated alkanes) is 2. The number of aromatic hydroxyl groups is 1. The number of piperidine rings is 1. The minimum Gasteiger partial charge on any atom is -0.508 e. The number of benzene rings is 4. The summed E-state index contributed by atoms with van der Waals surface area (Å²) in [7, 11) is 0. The van der Waals surface area contributed by atoms with Gasteiger partial charge in [0, 0.05) is 74.0 Å².